The van der Waals surface area contributed by atoms with E-state index in [1.54, 1.807) is 0 Å². The number of fused-ring (bicyclic) bond motifs is 6. The second-order valence-corrected chi connectivity index (χ2v) is 16.6. The standard InChI is InChI=1S/C48H42N4/c1-47-23-24-48(2,46-45(47)52-40-25-35(21-22-39(40)51-46)29-9-5-3-6-10-29)38(28-47)32-15-13-31(14-16-32)37-27-42-41(26-36(37)30-11-7-4-8-12-30)49-43-33-17-19-34(20-18-33)44(43)50-42/h3-16,21-22,25-27,33-34,38H,17-20,23-24,28H2,1-2H3. The fourth-order valence-electron chi connectivity index (χ4n) is 10.5. The number of aromatic nitrogens is 4. The third kappa shape index (κ3) is 4.52. The SMILES string of the molecule is CC12CCC(C)(c3nc4ccc(-c5ccccc5)cc4nc31)C(c1ccc(-c3cc4nc5c(nc4cc3-c3ccccc3)C3CCC5CC3)cc1)C2. The minimum atomic E-state index is -0.0693. The van der Waals surface area contributed by atoms with Crippen molar-refractivity contribution in [2.75, 3.05) is 0 Å². The Bertz CT molecular complexity index is 2540. The van der Waals surface area contributed by atoms with Crippen molar-refractivity contribution in [3.63, 3.8) is 0 Å². The van der Waals surface area contributed by atoms with E-state index in [9.17, 15) is 0 Å². The highest BCUT2D eigenvalue weighted by atomic mass is 14.9. The number of benzene rings is 5. The van der Waals surface area contributed by atoms with Crippen molar-refractivity contribution in [2.45, 2.75) is 87.4 Å². The monoisotopic (exact) mass is 674 g/mol. The Morgan fingerprint density at radius 3 is 1.65 bits per heavy atom. The third-order valence-corrected chi connectivity index (χ3v) is 13.6. The average Bonchev–Trinajstić information content (AvgIpc) is 3.21. The molecule has 254 valence electrons. The number of nitrogens with zero attached hydrogens (tertiary/aromatic N) is 4. The number of hydrogen-bond acceptors (Lipinski definition) is 4. The Morgan fingerprint density at radius 2 is 1.02 bits per heavy atom. The maximum absolute atomic E-state index is 5.43. The van der Waals surface area contributed by atoms with Crippen LogP contribution in [0.2, 0.25) is 0 Å². The summed E-state index contributed by atoms with van der Waals surface area (Å²) in [5.74, 6) is 1.52. The van der Waals surface area contributed by atoms with E-state index in [0.29, 0.717) is 17.8 Å². The van der Waals surface area contributed by atoms with Gasteiger partial charge in [0.05, 0.1) is 44.8 Å². The van der Waals surface area contributed by atoms with Crippen molar-refractivity contribution < 1.29 is 0 Å². The fourth-order valence-corrected chi connectivity index (χ4v) is 10.5. The van der Waals surface area contributed by atoms with Crippen LogP contribution in [0.25, 0.3) is 55.4 Å². The van der Waals surface area contributed by atoms with Crippen LogP contribution < -0.4 is 0 Å². The van der Waals surface area contributed by atoms with Crippen LogP contribution in [0.15, 0.2) is 115 Å². The lowest BCUT2D eigenvalue weighted by Crippen LogP contribution is -2.50. The fraction of sp³-hybridized carbons (Fsp3) is 0.292. The largest absolute Gasteiger partial charge is 0.249 e. The maximum atomic E-state index is 5.43. The summed E-state index contributed by atoms with van der Waals surface area (Å²) in [6.07, 6.45) is 8.40. The highest BCUT2D eigenvalue weighted by Gasteiger charge is 2.56. The summed E-state index contributed by atoms with van der Waals surface area (Å²) in [6, 6.07) is 42.1. The summed E-state index contributed by atoms with van der Waals surface area (Å²) < 4.78 is 0. The lowest BCUT2D eigenvalue weighted by Gasteiger charge is -2.55. The highest BCUT2D eigenvalue weighted by Crippen LogP contribution is 2.61. The minimum Gasteiger partial charge on any atom is -0.249 e. The second-order valence-electron chi connectivity index (χ2n) is 16.6. The molecule has 3 atom stereocenters. The number of hydrogen-bond donors (Lipinski definition) is 0. The predicted octanol–water partition coefficient (Wildman–Crippen LogP) is 11.8. The molecule has 0 N–H and O–H groups in total. The van der Waals surface area contributed by atoms with E-state index in [2.05, 4.69) is 129 Å². The summed E-state index contributed by atoms with van der Waals surface area (Å²) in [6.45, 7) is 4.88. The van der Waals surface area contributed by atoms with Gasteiger partial charge in [-0.25, -0.2) is 19.9 Å². The average molecular weight is 675 g/mol. The Kier molecular flexibility index (Phi) is 6.51. The first-order valence-corrected chi connectivity index (χ1v) is 19.3. The molecule has 4 heteroatoms. The maximum Gasteiger partial charge on any atom is 0.0897 e. The molecule has 0 saturated heterocycles. The molecular formula is C48H42N4. The van der Waals surface area contributed by atoms with Crippen LogP contribution in [0, 0.1) is 0 Å². The first kappa shape index (κ1) is 30.4. The summed E-state index contributed by atoms with van der Waals surface area (Å²) in [7, 11) is 0. The first-order valence-electron chi connectivity index (χ1n) is 19.3. The zero-order valence-corrected chi connectivity index (χ0v) is 29.9. The van der Waals surface area contributed by atoms with Crippen LogP contribution in [0.4, 0.5) is 0 Å². The molecular weight excluding hydrogens is 633 g/mol. The van der Waals surface area contributed by atoms with Gasteiger partial charge in [0.15, 0.2) is 0 Å². The topological polar surface area (TPSA) is 51.6 Å². The van der Waals surface area contributed by atoms with Crippen LogP contribution in [0.3, 0.4) is 0 Å². The van der Waals surface area contributed by atoms with Crippen LogP contribution in [0.5, 0.6) is 0 Å². The Morgan fingerprint density at radius 1 is 0.481 bits per heavy atom. The molecule has 2 heterocycles. The van der Waals surface area contributed by atoms with Crippen molar-refractivity contribution in [2.24, 2.45) is 0 Å². The Labute approximate surface area is 305 Å². The van der Waals surface area contributed by atoms with E-state index < -0.39 is 0 Å². The van der Waals surface area contributed by atoms with Crippen molar-refractivity contribution in [1.29, 1.82) is 0 Å². The zero-order chi connectivity index (χ0) is 34.6. The van der Waals surface area contributed by atoms with Crippen molar-refractivity contribution >= 4 is 22.1 Å². The number of rotatable bonds is 4. The van der Waals surface area contributed by atoms with Crippen LogP contribution in [0.1, 0.15) is 105 Å². The molecule has 13 rings (SSSR count). The molecule has 0 radical (unpaired) electrons. The summed E-state index contributed by atoms with van der Waals surface area (Å²) in [5.41, 5.74) is 17.6. The summed E-state index contributed by atoms with van der Waals surface area (Å²) in [5, 5.41) is 0. The van der Waals surface area contributed by atoms with Crippen molar-refractivity contribution in [3.05, 3.63) is 144 Å². The molecule has 2 aromatic heterocycles. The summed E-state index contributed by atoms with van der Waals surface area (Å²) >= 11 is 0. The quantitative estimate of drug-likeness (QED) is 0.186. The predicted molar refractivity (Wildman–Crippen MR) is 211 cm³/mol. The molecule has 6 aliphatic rings. The van der Waals surface area contributed by atoms with Gasteiger partial charge < -0.3 is 0 Å². The molecule has 5 aromatic carbocycles. The van der Waals surface area contributed by atoms with Crippen LogP contribution in [-0.2, 0) is 10.8 Å². The first-order chi connectivity index (χ1) is 25.4. The van der Waals surface area contributed by atoms with E-state index in [1.165, 1.54) is 87.4 Å². The summed E-state index contributed by atoms with van der Waals surface area (Å²) in [4.78, 5) is 21.5. The van der Waals surface area contributed by atoms with E-state index >= 15 is 0 Å². The van der Waals surface area contributed by atoms with Gasteiger partial charge in [-0.2, -0.15) is 0 Å². The zero-order valence-electron chi connectivity index (χ0n) is 29.9. The molecule has 2 fully saturated rings. The lowest BCUT2D eigenvalue weighted by atomic mass is 9.49. The van der Waals surface area contributed by atoms with Crippen LogP contribution in [-0.4, -0.2) is 19.9 Å². The van der Waals surface area contributed by atoms with Crippen LogP contribution >= 0.6 is 0 Å². The molecule has 0 amide bonds. The Balaban J connectivity index is 0.985. The smallest absolute Gasteiger partial charge is 0.0897 e. The van der Waals surface area contributed by atoms with Crippen molar-refractivity contribution in [3.8, 4) is 33.4 Å². The van der Waals surface area contributed by atoms with Gasteiger partial charge in [-0.05, 0) is 114 Å². The molecule has 3 unspecified atom stereocenters. The van der Waals surface area contributed by atoms with Gasteiger partial charge in [-0.1, -0.05) is 105 Å². The van der Waals surface area contributed by atoms with E-state index in [4.69, 9.17) is 19.9 Å². The highest BCUT2D eigenvalue weighted by molar-refractivity contribution is 5.93. The second kappa shape index (κ2) is 11.1. The van der Waals surface area contributed by atoms with Gasteiger partial charge in [0, 0.05) is 22.7 Å². The molecule has 7 aromatic rings. The molecule has 0 aliphatic heterocycles. The van der Waals surface area contributed by atoms with Gasteiger partial charge in [-0.15, -0.1) is 0 Å². The lowest BCUT2D eigenvalue weighted by molar-refractivity contribution is 0.144. The molecule has 6 aliphatic carbocycles. The molecule has 4 bridgehead atoms. The molecule has 0 spiro atoms. The third-order valence-electron chi connectivity index (χ3n) is 13.6. The van der Waals surface area contributed by atoms with E-state index in [-0.39, 0.29) is 10.8 Å². The van der Waals surface area contributed by atoms with Crippen molar-refractivity contribution in [1.82, 2.24) is 19.9 Å². The van der Waals surface area contributed by atoms with Gasteiger partial charge in [0.25, 0.3) is 0 Å². The molecule has 4 nitrogen and oxygen atoms in total. The Hall–Kier alpha value is -5.22. The normalized spacial score (nSPS) is 25.7. The van der Waals surface area contributed by atoms with E-state index in [0.717, 1.165) is 41.3 Å². The molecule has 2 saturated carbocycles. The van der Waals surface area contributed by atoms with Gasteiger partial charge >= 0.3 is 0 Å². The van der Waals surface area contributed by atoms with E-state index in [1.807, 2.05) is 0 Å². The molecule has 52 heavy (non-hydrogen) atoms. The minimum absolute atomic E-state index is 0.00352. The van der Waals surface area contributed by atoms with Gasteiger partial charge in [0.1, 0.15) is 0 Å². The van der Waals surface area contributed by atoms with Gasteiger partial charge in [0.2, 0.25) is 0 Å². The van der Waals surface area contributed by atoms with Gasteiger partial charge in [-0.3, -0.25) is 0 Å².